The van der Waals surface area contributed by atoms with E-state index < -0.39 is 0 Å². The van der Waals surface area contributed by atoms with Crippen molar-refractivity contribution in [1.29, 1.82) is 0 Å². The average molecular weight is 227 g/mol. The summed E-state index contributed by atoms with van der Waals surface area (Å²) in [5, 5.41) is 14.0. The van der Waals surface area contributed by atoms with E-state index in [1.54, 1.807) is 11.7 Å². The molecule has 1 aromatic heterocycles. The van der Waals surface area contributed by atoms with Crippen LogP contribution >= 0.6 is 15.9 Å². The summed E-state index contributed by atoms with van der Waals surface area (Å²) in [6.07, 6.45) is 0. The lowest BCUT2D eigenvalue weighted by atomic mass is 10.2. The molecule has 0 fully saturated rings. The third-order valence-electron chi connectivity index (χ3n) is 1.79. The number of fused-ring (bicyclic) bond motifs is 1. The molecule has 0 atom stereocenters. The Morgan fingerprint density at radius 1 is 1.50 bits per heavy atom. The van der Waals surface area contributed by atoms with Crippen LogP contribution in [0.25, 0.3) is 10.9 Å². The molecule has 0 radical (unpaired) electrons. The molecule has 0 saturated carbocycles. The van der Waals surface area contributed by atoms with E-state index in [1.807, 2.05) is 18.2 Å². The van der Waals surface area contributed by atoms with Crippen molar-refractivity contribution in [3.05, 3.63) is 22.7 Å². The highest BCUT2D eigenvalue weighted by Crippen LogP contribution is 2.25. The second-order valence-electron chi connectivity index (χ2n) is 2.61. The van der Waals surface area contributed by atoms with E-state index in [9.17, 15) is 5.11 Å². The summed E-state index contributed by atoms with van der Waals surface area (Å²) < 4.78 is 2.59. The molecule has 0 spiro atoms. The van der Waals surface area contributed by atoms with Crippen molar-refractivity contribution in [1.82, 2.24) is 9.78 Å². The average Bonchev–Trinajstić information content (AvgIpc) is 2.28. The van der Waals surface area contributed by atoms with Gasteiger partial charge in [0.1, 0.15) is 0 Å². The van der Waals surface area contributed by atoms with Gasteiger partial charge in [0.2, 0.25) is 5.88 Å². The van der Waals surface area contributed by atoms with E-state index >= 15 is 0 Å². The van der Waals surface area contributed by atoms with Crippen molar-refractivity contribution in [2.75, 3.05) is 0 Å². The largest absolute Gasteiger partial charge is 0.492 e. The van der Waals surface area contributed by atoms with Crippen molar-refractivity contribution in [2.45, 2.75) is 0 Å². The number of hydrogen-bond acceptors (Lipinski definition) is 2. The van der Waals surface area contributed by atoms with Gasteiger partial charge < -0.3 is 5.11 Å². The van der Waals surface area contributed by atoms with Gasteiger partial charge in [0.15, 0.2) is 0 Å². The Morgan fingerprint density at radius 3 is 3.00 bits per heavy atom. The fourth-order valence-electron chi connectivity index (χ4n) is 1.22. The Hall–Kier alpha value is -1.03. The van der Waals surface area contributed by atoms with Crippen LogP contribution in [0.2, 0.25) is 0 Å². The van der Waals surface area contributed by atoms with E-state index in [4.69, 9.17) is 0 Å². The van der Waals surface area contributed by atoms with Crippen LogP contribution in [-0.4, -0.2) is 14.9 Å². The molecule has 2 aromatic rings. The van der Waals surface area contributed by atoms with E-state index in [1.165, 1.54) is 0 Å². The Balaban J connectivity index is 2.90. The molecule has 0 amide bonds. The molecule has 4 heteroatoms. The van der Waals surface area contributed by atoms with Gasteiger partial charge in [0.25, 0.3) is 0 Å². The van der Waals surface area contributed by atoms with Crippen molar-refractivity contribution in [3.8, 4) is 5.88 Å². The second-order valence-corrected chi connectivity index (χ2v) is 3.52. The molecule has 1 heterocycles. The molecule has 2 rings (SSSR count). The number of nitrogens with zero attached hydrogens (tertiary/aromatic N) is 2. The normalized spacial score (nSPS) is 10.8. The van der Waals surface area contributed by atoms with Gasteiger partial charge in [-0.15, -0.1) is 5.10 Å². The zero-order chi connectivity index (χ0) is 8.72. The highest BCUT2D eigenvalue weighted by molar-refractivity contribution is 9.10. The van der Waals surface area contributed by atoms with Crippen LogP contribution in [0.1, 0.15) is 0 Å². The molecule has 0 aliphatic rings. The monoisotopic (exact) mass is 226 g/mol. The van der Waals surface area contributed by atoms with Crippen LogP contribution in [0.5, 0.6) is 5.88 Å². The van der Waals surface area contributed by atoms with Crippen LogP contribution < -0.4 is 0 Å². The molecule has 3 nitrogen and oxygen atoms in total. The number of rotatable bonds is 0. The standard InChI is InChI=1S/C8H7BrN2O/c1-11-7-3-2-5(9)4-6(7)8(12)10-11/h2-4H,1H3,(H,10,12). The van der Waals surface area contributed by atoms with E-state index in [-0.39, 0.29) is 5.88 Å². The van der Waals surface area contributed by atoms with Gasteiger partial charge in [-0.1, -0.05) is 15.9 Å². The number of aryl methyl sites for hydroxylation is 1. The number of benzene rings is 1. The SMILES string of the molecule is Cn1nc(O)c2cc(Br)ccc21. The molecule has 0 bridgehead atoms. The van der Waals surface area contributed by atoms with Crippen LogP contribution in [0.4, 0.5) is 0 Å². The van der Waals surface area contributed by atoms with Crippen molar-refractivity contribution >= 4 is 26.8 Å². The Bertz CT molecular complexity index is 436. The van der Waals surface area contributed by atoms with E-state index in [2.05, 4.69) is 21.0 Å². The van der Waals surface area contributed by atoms with Crippen LogP contribution in [0, 0.1) is 0 Å². The van der Waals surface area contributed by atoms with Crippen LogP contribution in [0.15, 0.2) is 22.7 Å². The Kier molecular flexibility index (Phi) is 1.58. The summed E-state index contributed by atoms with van der Waals surface area (Å²) in [5.41, 5.74) is 0.927. The highest BCUT2D eigenvalue weighted by Gasteiger charge is 2.05. The van der Waals surface area contributed by atoms with Gasteiger partial charge in [-0.05, 0) is 18.2 Å². The summed E-state index contributed by atoms with van der Waals surface area (Å²) in [5.74, 6) is 0.0776. The van der Waals surface area contributed by atoms with Crippen molar-refractivity contribution in [3.63, 3.8) is 0 Å². The van der Waals surface area contributed by atoms with Crippen LogP contribution in [-0.2, 0) is 7.05 Å². The van der Waals surface area contributed by atoms with E-state index in [0.29, 0.717) is 0 Å². The predicted octanol–water partition coefficient (Wildman–Crippen LogP) is 2.04. The quantitative estimate of drug-likeness (QED) is 0.747. The van der Waals surface area contributed by atoms with Crippen molar-refractivity contribution < 1.29 is 5.11 Å². The van der Waals surface area contributed by atoms with Gasteiger partial charge in [0.05, 0.1) is 10.9 Å². The number of hydrogen-bond donors (Lipinski definition) is 1. The van der Waals surface area contributed by atoms with Crippen LogP contribution in [0.3, 0.4) is 0 Å². The van der Waals surface area contributed by atoms with E-state index in [0.717, 1.165) is 15.4 Å². The maximum Gasteiger partial charge on any atom is 0.238 e. The molecule has 0 aliphatic carbocycles. The molecular weight excluding hydrogens is 220 g/mol. The van der Waals surface area contributed by atoms with Gasteiger partial charge in [0, 0.05) is 11.5 Å². The number of halogens is 1. The van der Waals surface area contributed by atoms with Gasteiger partial charge in [-0.2, -0.15) is 0 Å². The first kappa shape index (κ1) is 7.61. The molecule has 1 aromatic carbocycles. The minimum absolute atomic E-state index is 0.0776. The molecule has 0 saturated heterocycles. The van der Waals surface area contributed by atoms with Crippen molar-refractivity contribution in [2.24, 2.45) is 7.05 Å². The number of aromatic nitrogens is 2. The fourth-order valence-corrected chi connectivity index (χ4v) is 1.58. The molecule has 12 heavy (non-hydrogen) atoms. The summed E-state index contributed by atoms with van der Waals surface area (Å²) >= 11 is 3.33. The molecule has 0 unspecified atom stereocenters. The summed E-state index contributed by atoms with van der Waals surface area (Å²) in [6.45, 7) is 0. The Morgan fingerprint density at radius 2 is 2.25 bits per heavy atom. The zero-order valence-electron chi connectivity index (χ0n) is 6.45. The predicted molar refractivity (Wildman–Crippen MR) is 50.1 cm³/mol. The lowest BCUT2D eigenvalue weighted by Gasteiger charge is -1.92. The fraction of sp³-hybridized carbons (Fsp3) is 0.125. The number of aromatic hydroxyl groups is 1. The summed E-state index contributed by atoms with van der Waals surface area (Å²) in [6, 6.07) is 5.67. The third-order valence-corrected chi connectivity index (χ3v) is 2.29. The lowest BCUT2D eigenvalue weighted by Crippen LogP contribution is -1.87. The molecular formula is C8H7BrN2O. The highest BCUT2D eigenvalue weighted by atomic mass is 79.9. The smallest absolute Gasteiger partial charge is 0.238 e. The minimum atomic E-state index is 0.0776. The molecule has 62 valence electrons. The van der Waals surface area contributed by atoms with Gasteiger partial charge in [-0.3, -0.25) is 4.68 Å². The topological polar surface area (TPSA) is 38.0 Å². The summed E-state index contributed by atoms with van der Waals surface area (Å²) in [7, 11) is 1.80. The van der Waals surface area contributed by atoms with Gasteiger partial charge in [-0.25, -0.2) is 0 Å². The zero-order valence-corrected chi connectivity index (χ0v) is 8.04. The third kappa shape index (κ3) is 0.992. The Labute approximate surface area is 77.7 Å². The maximum atomic E-state index is 9.36. The molecule has 0 aliphatic heterocycles. The minimum Gasteiger partial charge on any atom is -0.492 e. The first-order valence-electron chi connectivity index (χ1n) is 3.50. The second kappa shape index (κ2) is 2.48. The summed E-state index contributed by atoms with van der Waals surface area (Å²) in [4.78, 5) is 0. The molecule has 1 N–H and O–H groups in total. The first-order valence-corrected chi connectivity index (χ1v) is 4.29. The van der Waals surface area contributed by atoms with Gasteiger partial charge >= 0.3 is 0 Å². The first-order chi connectivity index (χ1) is 5.68. The lowest BCUT2D eigenvalue weighted by molar-refractivity contribution is 0.449. The maximum absolute atomic E-state index is 9.36.